The fraction of sp³-hybridized carbons (Fsp3) is 0.150. The van der Waals surface area contributed by atoms with E-state index in [0.717, 1.165) is 17.3 Å². The molecule has 2 heterocycles. The Balaban J connectivity index is 1.76. The molecule has 0 aromatic heterocycles. The molecular formula is C20H18N4O4S2. The van der Waals surface area contributed by atoms with Gasteiger partial charge in [0.15, 0.2) is 5.17 Å². The molecule has 30 heavy (non-hydrogen) atoms. The van der Waals surface area contributed by atoms with Crippen molar-refractivity contribution in [2.24, 2.45) is 10.1 Å². The van der Waals surface area contributed by atoms with Gasteiger partial charge in [0.2, 0.25) is 10.0 Å². The predicted molar refractivity (Wildman–Crippen MR) is 117 cm³/mol. The van der Waals surface area contributed by atoms with Crippen molar-refractivity contribution >= 4 is 55.7 Å². The fourth-order valence-corrected chi connectivity index (χ4v) is 4.92. The number of aryl methyl sites for hydroxylation is 1. The highest BCUT2D eigenvalue weighted by atomic mass is 32.2. The number of amidine groups is 1. The largest absolute Gasteiger partial charge is 0.321 e. The number of hydrogen-bond acceptors (Lipinski definition) is 6. The zero-order valence-corrected chi connectivity index (χ0v) is 17.8. The van der Waals surface area contributed by atoms with E-state index in [1.807, 2.05) is 32.0 Å². The number of nitrogens with one attached hydrogen (secondary N) is 1. The lowest BCUT2D eigenvalue weighted by atomic mass is 10.0. The van der Waals surface area contributed by atoms with Crippen molar-refractivity contribution in [2.45, 2.75) is 18.7 Å². The van der Waals surface area contributed by atoms with Crippen molar-refractivity contribution < 1.29 is 18.0 Å². The van der Waals surface area contributed by atoms with Gasteiger partial charge in [0.1, 0.15) is 0 Å². The molecular weight excluding hydrogens is 424 g/mol. The van der Waals surface area contributed by atoms with E-state index in [0.29, 0.717) is 39.1 Å². The zero-order chi connectivity index (χ0) is 21.6. The number of benzene rings is 2. The van der Waals surface area contributed by atoms with Crippen LogP contribution in [0.25, 0.3) is 5.57 Å². The van der Waals surface area contributed by atoms with Crippen LogP contribution >= 0.6 is 11.8 Å². The molecule has 10 heteroatoms. The Morgan fingerprint density at radius 1 is 1.13 bits per heavy atom. The topological polar surface area (TPSA) is 122 Å². The third-order valence-corrected chi connectivity index (χ3v) is 6.72. The van der Waals surface area contributed by atoms with Gasteiger partial charge in [0, 0.05) is 17.8 Å². The molecule has 2 aromatic carbocycles. The van der Waals surface area contributed by atoms with Gasteiger partial charge in [-0.2, -0.15) is 0 Å². The summed E-state index contributed by atoms with van der Waals surface area (Å²) < 4.78 is 22.8. The first-order valence-corrected chi connectivity index (χ1v) is 11.4. The molecule has 1 saturated heterocycles. The first-order chi connectivity index (χ1) is 14.2. The van der Waals surface area contributed by atoms with Crippen LogP contribution in [-0.4, -0.2) is 36.8 Å². The molecule has 0 bridgehead atoms. The first kappa shape index (κ1) is 20.3. The lowest BCUT2D eigenvalue weighted by molar-refractivity contribution is -0.122. The smallest absolute Gasteiger partial charge is 0.267 e. The van der Waals surface area contributed by atoms with Crippen LogP contribution in [0.2, 0.25) is 0 Å². The first-order valence-electron chi connectivity index (χ1n) is 9.07. The van der Waals surface area contributed by atoms with Crippen molar-refractivity contribution in [2.75, 3.05) is 11.9 Å². The maximum absolute atomic E-state index is 13.0. The minimum absolute atomic E-state index is 0.0219. The van der Waals surface area contributed by atoms with E-state index < -0.39 is 10.0 Å². The standard InChI is InChI=1S/C20H18N4O4S2/c1-3-24-19(26)17(16-14-10-11(2)4-9-15(14)23-18(16)25)29-20(24)22-12-5-7-13(8-6-12)30(21,27)28/h4-10H,3H2,1-2H3,(H,23,25)(H2,21,27,28)/b17-16-,22-20-. The summed E-state index contributed by atoms with van der Waals surface area (Å²) in [6.45, 7) is 4.11. The van der Waals surface area contributed by atoms with Gasteiger partial charge >= 0.3 is 0 Å². The molecule has 1 fully saturated rings. The Labute approximate surface area is 177 Å². The number of likely N-dealkylation sites (N-methyl/N-ethyl adjacent to an activating group) is 1. The van der Waals surface area contributed by atoms with Gasteiger partial charge < -0.3 is 5.32 Å². The van der Waals surface area contributed by atoms with E-state index >= 15 is 0 Å². The van der Waals surface area contributed by atoms with Gasteiger partial charge in [-0.1, -0.05) is 11.6 Å². The second-order valence-electron chi connectivity index (χ2n) is 6.79. The highest BCUT2D eigenvalue weighted by Gasteiger charge is 2.39. The number of anilines is 1. The summed E-state index contributed by atoms with van der Waals surface area (Å²) in [4.78, 5) is 31.9. The number of amides is 2. The molecule has 0 unspecified atom stereocenters. The van der Waals surface area contributed by atoms with E-state index in [4.69, 9.17) is 5.14 Å². The van der Waals surface area contributed by atoms with E-state index in [-0.39, 0.29) is 16.7 Å². The van der Waals surface area contributed by atoms with Crippen LogP contribution in [0.15, 0.2) is 57.3 Å². The lowest BCUT2D eigenvalue weighted by Crippen LogP contribution is -2.29. The average molecular weight is 443 g/mol. The summed E-state index contributed by atoms with van der Waals surface area (Å²) in [7, 11) is -3.80. The van der Waals surface area contributed by atoms with Crippen LogP contribution in [0, 0.1) is 6.92 Å². The van der Waals surface area contributed by atoms with Gasteiger partial charge in [0.05, 0.1) is 21.1 Å². The van der Waals surface area contributed by atoms with E-state index in [1.54, 1.807) is 0 Å². The number of rotatable bonds is 3. The monoisotopic (exact) mass is 442 g/mol. The molecule has 154 valence electrons. The molecule has 4 rings (SSSR count). The fourth-order valence-electron chi connectivity index (χ4n) is 3.25. The Morgan fingerprint density at radius 3 is 2.47 bits per heavy atom. The summed E-state index contributed by atoms with van der Waals surface area (Å²) >= 11 is 1.13. The Bertz CT molecular complexity index is 1250. The Hall–Kier alpha value is -2.95. The summed E-state index contributed by atoms with van der Waals surface area (Å²) in [5, 5.41) is 8.34. The molecule has 2 aliphatic rings. The van der Waals surface area contributed by atoms with Crippen LogP contribution in [0.5, 0.6) is 0 Å². The second kappa shape index (κ2) is 7.38. The second-order valence-corrected chi connectivity index (χ2v) is 9.33. The minimum Gasteiger partial charge on any atom is -0.321 e. The van der Waals surface area contributed by atoms with Gasteiger partial charge in [0.25, 0.3) is 11.8 Å². The number of carbonyl (C=O) groups excluding carboxylic acids is 2. The van der Waals surface area contributed by atoms with E-state index in [1.165, 1.54) is 29.2 Å². The summed E-state index contributed by atoms with van der Waals surface area (Å²) in [6.07, 6.45) is 0. The molecule has 0 spiro atoms. The quantitative estimate of drug-likeness (QED) is 0.708. The number of hydrogen-bond donors (Lipinski definition) is 2. The third kappa shape index (κ3) is 3.53. The third-order valence-electron chi connectivity index (χ3n) is 4.72. The molecule has 2 amide bonds. The highest BCUT2D eigenvalue weighted by Crippen LogP contribution is 2.42. The Morgan fingerprint density at radius 2 is 1.83 bits per heavy atom. The average Bonchev–Trinajstić information content (AvgIpc) is 3.16. The normalized spacial score (nSPS) is 20.1. The molecule has 8 nitrogen and oxygen atoms in total. The summed E-state index contributed by atoms with van der Waals surface area (Å²) in [5.41, 5.74) is 3.17. The predicted octanol–water partition coefficient (Wildman–Crippen LogP) is 2.59. The van der Waals surface area contributed by atoms with E-state index in [9.17, 15) is 18.0 Å². The number of primary sulfonamides is 1. The minimum atomic E-state index is -3.80. The number of nitrogens with two attached hydrogens (primary N) is 1. The molecule has 0 saturated carbocycles. The van der Waals surface area contributed by atoms with Gasteiger partial charge in [-0.05, 0) is 62.0 Å². The molecule has 2 aliphatic heterocycles. The lowest BCUT2D eigenvalue weighted by Gasteiger charge is -2.12. The molecule has 0 aliphatic carbocycles. The van der Waals surface area contributed by atoms with Crippen molar-refractivity contribution in [1.29, 1.82) is 0 Å². The van der Waals surface area contributed by atoms with Crippen molar-refractivity contribution in [3.8, 4) is 0 Å². The van der Waals surface area contributed by atoms with Crippen LogP contribution < -0.4 is 10.5 Å². The number of sulfonamides is 1. The zero-order valence-electron chi connectivity index (χ0n) is 16.2. The van der Waals surface area contributed by atoms with Gasteiger partial charge in [-0.25, -0.2) is 18.5 Å². The SMILES string of the molecule is CCN1C(=O)/C(=C2/C(=O)Nc3ccc(C)cc32)S/C1=N\c1ccc(S(N)(=O)=O)cc1. The van der Waals surface area contributed by atoms with Crippen LogP contribution in [0.4, 0.5) is 11.4 Å². The van der Waals surface area contributed by atoms with Crippen LogP contribution in [0.3, 0.4) is 0 Å². The van der Waals surface area contributed by atoms with Crippen LogP contribution in [0.1, 0.15) is 18.1 Å². The van der Waals surface area contributed by atoms with E-state index in [2.05, 4.69) is 10.3 Å². The maximum atomic E-state index is 13.0. The highest BCUT2D eigenvalue weighted by molar-refractivity contribution is 8.18. The molecule has 0 atom stereocenters. The number of nitrogens with zero attached hydrogens (tertiary/aromatic N) is 2. The molecule has 3 N–H and O–H groups in total. The van der Waals surface area contributed by atoms with Crippen molar-refractivity contribution in [1.82, 2.24) is 4.90 Å². The molecule has 2 aromatic rings. The van der Waals surface area contributed by atoms with Crippen LogP contribution in [-0.2, 0) is 19.6 Å². The van der Waals surface area contributed by atoms with Gasteiger partial charge in [-0.3, -0.25) is 14.5 Å². The summed E-state index contributed by atoms with van der Waals surface area (Å²) in [5.74, 6) is -0.608. The number of aliphatic imine (C=N–C) groups is 1. The number of thioether (sulfide) groups is 1. The maximum Gasteiger partial charge on any atom is 0.267 e. The molecule has 0 radical (unpaired) electrons. The Kier molecular flexibility index (Phi) is 5.00. The number of fused-ring (bicyclic) bond motifs is 1. The summed E-state index contributed by atoms with van der Waals surface area (Å²) in [6, 6.07) is 11.3. The van der Waals surface area contributed by atoms with Crippen molar-refractivity contribution in [3.63, 3.8) is 0 Å². The van der Waals surface area contributed by atoms with Gasteiger partial charge in [-0.15, -0.1) is 0 Å². The van der Waals surface area contributed by atoms with Crippen molar-refractivity contribution in [3.05, 3.63) is 58.5 Å². The number of carbonyl (C=O) groups is 2.